The molecule has 1 unspecified atom stereocenters. The van der Waals surface area contributed by atoms with Crippen LogP contribution in [0, 0.1) is 13.8 Å². The molecule has 0 aliphatic carbocycles. The zero-order valence-corrected chi connectivity index (χ0v) is 13.5. The van der Waals surface area contributed by atoms with Crippen molar-refractivity contribution in [3.8, 4) is 0 Å². The smallest absolute Gasteiger partial charge is 0.180 e. The molecule has 0 bridgehead atoms. The number of aromatic nitrogens is 4. The molecule has 1 fully saturated rings. The van der Waals surface area contributed by atoms with E-state index in [1.165, 1.54) is 4.88 Å². The summed E-state index contributed by atoms with van der Waals surface area (Å²) in [5, 5.41) is 8.37. The number of H-pyrrole nitrogens is 1. The molecule has 1 atom stereocenters. The lowest BCUT2D eigenvalue weighted by molar-refractivity contribution is -0.0368. The first-order valence-corrected chi connectivity index (χ1v) is 8.15. The van der Waals surface area contributed by atoms with Crippen LogP contribution < -0.4 is 0 Å². The summed E-state index contributed by atoms with van der Waals surface area (Å²) in [5.41, 5.74) is 1.15. The van der Waals surface area contributed by atoms with Crippen molar-refractivity contribution >= 4 is 11.3 Å². The van der Waals surface area contributed by atoms with Gasteiger partial charge < -0.3 is 4.74 Å². The van der Waals surface area contributed by atoms with Gasteiger partial charge in [-0.05, 0) is 13.8 Å². The highest BCUT2D eigenvalue weighted by Gasteiger charge is 2.26. The summed E-state index contributed by atoms with van der Waals surface area (Å²) >= 11 is 1.78. The summed E-state index contributed by atoms with van der Waals surface area (Å²) in [5.74, 6) is 1.69. The van der Waals surface area contributed by atoms with Crippen molar-refractivity contribution in [2.75, 3.05) is 19.7 Å². The Labute approximate surface area is 128 Å². The maximum Gasteiger partial charge on any atom is 0.180 e. The van der Waals surface area contributed by atoms with E-state index in [9.17, 15) is 0 Å². The molecule has 0 aromatic carbocycles. The fourth-order valence-electron chi connectivity index (χ4n) is 2.54. The molecule has 1 saturated heterocycles. The van der Waals surface area contributed by atoms with Crippen LogP contribution in [0.4, 0.5) is 0 Å². The lowest BCUT2D eigenvalue weighted by atomic mass is 10.2. The van der Waals surface area contributed by atoms with E-state index < -0.39 is 0 Å². The Balaban J connectivity index is 1.66. The minimum absolute atomic E-state index is 0.0374. The molecule has 2 aromatic heterocycles. The number of morpholine rings is 1. The minimum atomic E-state index is -0.0374. The van der Waals surface area contributed by atoms with Gasteiger partial charge >= 0.3 is 0 Å². The van der Waals surface area contributed by atoms with E-state index in [0.29, 0.717) is 0 Å². The SMILES string of the molecule is CCc1nc(C2CN(Cc3sc(C)nc3C)CCO2)n[nH]1. The third-order valence-electron chi connectivity index (χ3n) is 3.69. The van der Waals surface area contributed by atoms with Crippen LogP contribution in [0.25, 0.3) is 0 Å². The zero-order chi connectivity index (χ0) is 14.8. The molecule has 6 nitrogen and oxygen atoms in total. The van der Waals surface area contributed by atoms with Crippen LogP contribution >= 0.6 is 11.3 Å². The molecule has 2 aromatic rings. The Morgan fingerprint density at radius 1 is 1.38 bits per heavy atom. The Morgan fingerprint density at radius 3 is 2.90 bits per heavy atom. The molecule has 21 heavy (non-hydrogen) atoms. The third-order valence-corrected chi connectivity index (χ3v) is 4.75. The van der Waals surface area contributed by atoms with E-state index in [1.807, 2.05) is 0 Å². The summed E-state index contributed by atoms with van der Waals surface area (Å²) in [6.45, 7) is 9.63. The molecule has 3 rings (SSSR count). The van der Waals surface area contributed by atoms with Gasteiger partial charge in [0.15, 0.2) is 5.82 Å². The molecule has 1 aliphatic rings. The van der Waals surface area contributed by atoms with Gasteiger partial charge in [-0.1, -0.05) is 6.92 Å². The average Bonchev–Trinajstić information content (AvgIpc) is 3.06. The highest BCUT2D eigenvalue weighted by molar-refractivity contribution is 7.11. The lowest BCUT2D eigenvalue weighted by Crippen LogP contribution is -2.38. The van der Waals surface area contributed by atoms with E-state index in [1.54, 1.807) is 11.3 Å². The van der Waals surface area contributed by atoms with Crippen molar-refractivity contribution in [2.45, 2.75) is 39.8 Å². The largest absolute Gasteiger partial charge is 0.367 e. The number of thiazole rings is 1. The van der Waals surface area contributed by atoms with Gasteiger partial charge in [0.2, 0.25) is 0 Å². The number of nitrogens with one attached hydrogen (secondary N) is 1. The number of rotatable bonds is 4. The maximum atomic E-state index is 5.83. The number of aromatic amines is 1. The van der Waals surface area contributed by atoms with Gasteiger partial charge in [-0.2, -0.15) is 5.10 Å². The normalized spacial score (nSPS) is 20.0. The molecule has 1 N–H and O–H groups in total. The topological polar surface area (TPSA) is 66.9 Å². The van der Waals surface area contributed by atoms with Crippen LogP contribution in [-0.2, 0) is 17.7 Å². The van der Waals surface area contributed by atoms with Crippen molar-refractivity contribution in [1.29, 1.82) is 0 Å². The Hall–Kier alpha value is -1.31. The van der Waals surface area contributed by atoms with E-state index in [2.05, 4.69) is 45.8 Å². The quantitative estimate of drug-likeness (QED) is 0.936. The molecule has 0 spiro atoms. The van der Waals surface area contributed by atoms with E-state index in [0.717, 1.165) is 55.0 Å². The predicted octanol–water partition coefficient (Wildman–Crippen LogP) is 2.01. The van der Waals surface area contributed by atoms with Crippen molar-refractivity contribution in [3.05, 3.63) is 27.2 Å². The average molecular weight is 307 g/mol. The molecule has 3 heterocycles. The third kappa shape index (κ3) is 3.30. The van der Waals surface area contributed by atoms with Gasteiger partial charge in [-0.25, -0.2) is 9.97 Å². The number of ether oxygens (including phenoxy) is 1. The summed E-state index contributed by atoms with van der Waals surface area (Å²) in [4.78, 5) is 12.7. The van der Waals surface area contributed by atoms with Gasteiger partial charge in [0.25, 0.3) is 0 Å². The highest BCUT2D eigenvalue weighted by atomic mass is 32.1. The standard InChI is InChI=1S/C14H21N5OS/c1-4-13-16-14(18-17-13)11-7-19(5-6-20-11)8-12-9(2)15-10(3)21-12/h11H,4-8H2,1-3H3,(H,16,17,18). The van der Waals surface area contributed by atoms with E-state index >= 15 is 0 Å². The number of nitrogens with zero attached hydrogens (tertiary/aromatic N) is 4. The van der Waals surface area contributed by atoms with Crippen LogP contribution in [0.3, 0.4) is 0 Å². The monoisotopic (exact) mass is 307 g/mol. The number of hydrogen-bond donors (Lipinski definition) is 1. The first-order valence-electron chi connectivity index (χ1n) is 7.33. The first kappa shape index (κ1) is 14.6. The maximum absolute atomic E-state index is 5.83. The van der Waals surface area contributed by atoms with Crippen LogP contribution in [0.1, 0.15) is 40.3 Å². The Morgan fingerprint density at radius 2 is 2.24 bits per heavy atom. The predicted molar refractivity (Wildman–Crippen MR) is 81.3 cm³/mol. The highest BCUT2D eigenvalue weighted by Crippen LogP contribution is 2.24. The molecule has 114 valence electrons. The van der Waals surface area contributed by atoms with E-state index in [4.69, 9.17) is 4.74 Å². The summed E-state index contributed by atoms with van der Waals surface area (Å²) in [6.07, 6.45) is 0.826. The molecule has 0 radical (unpaired) electrons. The Kier molecular flexibility index (Phi) is 4.32. The zero-order valence-electron chi connectivity index (χ0n) is 12.7. The van der Waals surface area contributed by atoms with Crippen LogP contribution in [0.5, 0.6) is 0 Å². The van der Waals surface area contributed by atoms with Crippen molar-refractivity contribution < 1.29 is 4.74 Å². The molecule has 0 amide bonds. The lowest BCUT2D eigenvalue weighted by Gasteiger charge is -2.31. The summed E-state index contributed by atoms with van der Waals surface area (Å²) in [6, 6.07) is 0. The van der Waals surface area contributed by atoms with Crippen LogP contribution in [0.2, 0.25) is 0 Å². The van der Waals surface area contributed by atoms with Gasteiger partial charge in [-0.3, -0.25) is 10.00 Å². The second kappa shape index (κ2) is 6.21. The minimum Gasteiger partial charge on any atom is -0.367 e. The van der Waals surface area contributed by atoms with Crippen molar-refractivity contribution in [3.63, 3.8) is 0 Å². The first-order chi connectivity index (χ1) is 10.2. The molecular weight excluding hydrogens is 286 g/mol. The Bertz CT molecular complexity index is 608. The fraction of sp³-hybridized carbons (Fsp3) is 0.643. The van der Waals surface area contributed by atoms with Gasteiger partial charge in [0, 0.05) is 30.9 Å². The van der Waals surface area contributed by atoms with Crippen LogP contribution in [-0.4, -0.2) is 44.8 Å². The van der Waals surface area contributed by atoms with E-state index in [-0.39, 0.29) is 6.10 Å². The molecule has 0 saturated carbocycles. The van der Waals surface area contributed by atoms with Crippen molar-refractivity contribution in [1.82, 2.24) is 25.1 Å². The second-order valence-corrected chi connectivity index (χ2v) is 6.62. The van der Waals surface area contributed by atoms with Gasteiger partial charge in [0.1, 0.15) is 11.9 Å². The summed E-state index contributed by atoms with van der Waals surface area (Å²) < 4.78 is 5.83. The molecule has 1 aliphatic heterocycles. The molecule has 7 heteroatoms. The second-order valence-electron chi connectivity index (χ2n) is 5.33. The van der Waals surface area contributed by atoms with Gasteiger partial charge in [-0.15, -0.1) is 11.3 Å². The fourth-order valence-corrected chi connectivity index (χ4v) is 3.52. The number of aryl methyl sites for hydroxylation is 3. The van der Waals surface area contributed by atoms with Crippen molar-refractivity contribution in [2.24, 2.45) is 0 Å². The number of hydrogen-bond acceptors (Lipinski definition) is 6. The molecular formula is C14H21N5OS. The summed E-state index contributed by atoms with van der Waals surface area (Å²) in [7, 11) is 0. The van der Waals surface area contributed by atoms with Crippen LogP contribution in [0.15, 0.2) is 0 Å². The van der Waals surface area contributed by atoms with Gasteiger partial charge in [0.05, 0.1) is 17.3 Å².